The molecule has 0 unspecified atom stereocenters. The second-order valence-electron chi connectivity index (χ2n) is 7.13. The van der Waals surface area contributed by atoms with Gasteiger partial charge in [-0.05, 0) is 43.2 Å². The number of carbonyl (C=O) groups excluding carboxylic acids is 1. The van der Waals surface area contributed by atoms with Crippen molar-refractivity contribution in [1.82, 2.24) is 4.90 Å². The summed E-state index contributed by atoms with van der Waals surface area (Å²) in [7, 11) is 0. The summed E-state index contributed by atoms with van der Waals surface area (Å²) >= 11 is 5.91. The van der Waals surface area contributed by atoms with Crippen LogP contribution in [0, 0.1) is 10.1 Å². The van der Waals surface area contributed by atoms with Gasteiger partial charge in [-0.25, -0.2) is 0 Å². The summed E-state index contributed by atoms with van der Waals surface area (Å²) in [6.45, 7) is 6.47. The number of piperazine rings is 1. The van der Waals surface area contributed by atoms with Crippen molar-refractivity contribution in [3.05, 3.63) is 63.2 Å². The zero-order valence-corrected chi connectivity index (χ0v) is 17.4. The Labute approximate surface area is 175 Å². The number of hydrogen-bond acceptors (Lipinski definition) is 5. The predicted molar refractivity (Wildman–Crippen MR) is 116 cm³/mol. The van der Waals surface area contributed by atoms with Crippen LogP contribution in [0.15, 0.2) is 42.5 Å². The molecule has 0 spiro atoms. The van der Waals surface area contributed by atoms with Gasteiger partial charge in [0, 0.05) is 43.0 Å². The molecule has 2 aromatic carbocycles. The van der Waals surface area contributed by atoms with Crippen LogP contribution in [0.1, 0.15) is 19.4 Å². The van der Waals surface area contributed by atoms with Crippen LogP contribution in [0.4, 0.5) is 17.1 Å². The maximum absolute atomic E-state index is 12.6. The van der Waals surface area contributed by atoms with Gasteiger partial charge in [-0.3, -0.25) is 19.8 Å². The van der Waals surface area contributed by atoms with E-state index in [1.165, 1.54) is 11.6 Å². The van der Waals surface area contributed by atoms with Crippen molar-refractivity contribution in [3.63, 3.8) is 0 Å². The van der Waals surface area contributed by atoms with Crippen molar-refractivity contribution in [2.45, 2.75) is 26.3 Å². The Balaban J connectivity index is 1.60. The van der Waals surface area contributed by atoms with Crippen LogP contribution < -0.4 is 10.2 Å². The Morgan fingerprint density at radius 3 is 2.41 bits per heavy atom. The molecular formula is C21H25ClN4O3. The van der Waals surface area contributed by atoms with E-state index < -0.39 is 4.92 Å². The molecule has 154 valence electrons. The van der Waals surface area contributed by atoms with E-state index in [4.69, 9.17) is 11.6 Å². The zero-order chi connectivity index (χ0) is 21.0. The summed E-state index contributed by atoms with van der Waals surface area (Å²) in [5, 5.41) is 14.7. The molecule has 1 aliphatic heterocycles. The van der Waals surface area contributed by atoms with Gasteiger partial charge < -0.3 is 10.2 Å². The van der Waals surface area contributed by atoms with Gasteiger partial charge in [-0.2, -0.15) is 0 Å². The first-order chi connectivity index (χ1) is 13.9. The van der Waals surface area contributed by atoms with E-state index in [0.29, 0.717) is 36.9 Å². The van der Waals surface area contributed by atoms with Gasteiger partial charge in [0.2, 0.25) is 5.91 Å². The van der Waals surface area contributed by atoms with Crippen molar-refractivity contribution < 1.29 is 9.72 Å². The number of aryl methyl sites for hydroxylation is 1. The Morgan fingerprint density at radius 2 is 1.83 bits per heavy atom. The number of nitro groups is 1. The van der Waals surface area contributed by atoms with Crippen molar-refractivity contribution in [3.8, 4) is 0 Å². The van der Waals surface area contributed by atoms with Crippen LogP contribution in [0.25, 0.3) is 0 Å². The quantitative estimate of drug-likeness (QED) is 0.569. The summed E-state index contributed by atoms with van der Waals surface area (Å²) in [6.07, 6.45) is 0.959. The van der Waals surface area contributed by atoms with Crippen molar-refractivity contribution in [2.75, 3.05) is 36.4 Å². The van der Waals surface area contributed by atoms with Gasteiger partial charge in [0.25, 0.3) is 5.69 Å². The van der Waals surface area contributed by atoms with Crippen molar-refractivity contribution in [2.24, 2.45) is 0 Å². The minimum absolute atomic E-state index is 0.00673. The fourth-order valence-electron chi connectivity index (χ4n) is 3.50. The van der Waals surface area contributed by atoms with Crippen molar-refractivity contribution in [1.29, 1.82) is 0 Å². The second kappa shape index (κ2) is 9.24. The Bertz CT molecular complexity index is 880. The summed E-state index contributed by atoms with van der Waals surface area (Å²) in [5.41, 5.74) is 2.58. The molecule has 0 aromatic heterocycles. The minimum Gasteiger partial charge on any atom is -0.363 e. The van der Waals surface area contributed by atoms with Gasteiger partial charge in [0.15, 0.2) is 0 Å². The first-order valence-electron chi connectivity index (χ1n) is 9.71. The number of nitrogens with one attached hydrogen (secondary N) is 1. The van der Waals surface area contributed by atoms with Crippen molar-refractivity contribution >= 4 is 34.6 Å². The van der Waals surface area contributed by atoms with Gasteiger partial charge in [0.05, 0.1) is 11.0 Å². The lowest BCUT2D eigenvalue weighted by Gasteiger charge is -2.38. The first-order valence-corrected chi connectivity index (χ1v) is 10.1. The molecular weight excluding hydrogens is 392 g/mol. The van der Waals surface area contributed by atoms with Gasteiger partial charge in [0.1, 0.15) is 5.69 Å². The van der Waals surface area contributed by atoms with E-state index in [9.17, 15) is 14.9 Å². The Morgan fingerprint density at radius 1 is 1.17 bits per heavy atom. The second-order valence-corrected chi connectivity index (χ2v) is 7.57. The molecule has 1 aliphatic rings. The number of benzene rings is 2. The van der Waals surface area contributed by atoms with Gasteiger partial charge in [-0.1, -0.05) is 30.7 Å². The fourth-order valence-corrected chi connectivity index (χ4v) is 3.66. The number of anilines is 2. The van der Waals surface area contributed by atoms with Crippen LogP contribution in [-0.4, -0.2) is 48.0 Å². The number of nitrogens with zero attached hydrogens (tertiary/aromatic N) is 3. The molecule has 1 atom stereocenters. The third-order valence-electron chi connectivity index (χ3n) is 5.35. The van der Waals surface area contributed by atoms with E-state index in [1.807, 2.05) is 36.1 Å². The highest BCUT2D eigenvalue weighted by molar-refractivity contribution is 6.30. The van der Waals surface area contributed by atoms with Gasteiger partial charge >= 0.3 is 0 Å². The molecule has 0 bridgehead atoms. The monoisotopic (exact) mass is 416 g/mol. The maximum Gasteiger partial charge on any atom is 0.294 e. The molecule has 0 radical (unpaired) electrons. The number of nitro benzene ring substituents is 1. The molecule has 2 aromatic rings. The van der Waals surface area contributed by atoms with Crippen LogP contribution in [0.2, 0.25) is 5.02 Å². The fraction of sp³-hybridized carbons (Fsp3) is 0.381. The summed E-state index contributed by atoms with van der Waals surface area (Å²) < 4.78 is 0. The molecule has 3 rings (SSSR count). The van der Waals surface area contributed by atoms with Crippen LogP contribution >= 0.6 is 11.6 Å². The van der Waals surface area contributed by atoms with E-state index in [1.54, 1.807) is 12.1 Å². The molecule has 1 saturated heterocycles. The third-order valence-corrected chi connectivity index (χ3v) is 5.58. The van der Waals surface area contributed by atoms with E-state index in [-0.39, 0.29) is 17.6 Å². The maximum atomic E-state index is 12.6. The average Bonchev–Trinajstić information content (AvgIpc) is 2.73. The normalized spacial score (nSPS) is 15.8. The average molecular weight is 417 g/mol. The van der Waals surface area contributed by atoms with E-state index >= 15 is 0 Å². The highest BCUT2D eigenvalue weighted by Crippen LogP contribution is 2.31. The molecule has 0 saturated carbocycles. The molecule has 7 nitrogen and oxygen atoms in total. The number of halogens is 1. The Kier molecular flexibility index (Phi) is 6.71. The highest BCUT2D eigenvalue weighted by atomic mass is 35.5. The van der Waals surface area contributed by atoms with Gasteiger partial charge in [-0.15, -0.1) is 0 Å². The standard InChI is InChI=1S/C21H25ClN4O3/c1-3-16-4-7-18(8-5-16)23-21(27)15(2)24-10-12-25(13-11-24)19-9-6-17(22)14-20(19)26(28)29/h4-9,14-15H,3,10-13H2,1-2H3,(H,23,27)/t15-/m0/s1. The van der Waals surface area contributed by atoms with E-state index in [0.717, 1.165) is 12.1 Å². The Hall–Kier alpha value is -2.64. The number of rotatable bonds is 6. The lowest BCUT2D eigenvalue weighted by molar-refractivity contribution is -0.384. The smallest absolute Gasteiger partial charge is 0.294 e. The number of carbonyl (C=O) groups is 1. The number of hydrogen-bond donors (Lipinski definition) is 1. The van der Waals surface area contributed by atoms with Crippen LogP contribution in [0.5, 0.6) is 0 Å². The minimum atomic E-state index is -0.409. The molecule has 8 heteroatoms. The number of amides is 1. The molecule has 1 amide bonds. The summed E-state index contributed by atoms with van der Waals surface area (Å²) in [4.78, 5) is 27.6. The molecule has 0 aliphatic carbocycles. The van der Waals surface area contributed by atoms with E-state index in [2.05, 4.69) is 17.1 Å². The molecule has 1 fully saturated rings. The summed E-state index contributed by atoms with van der Waals surface area (Å²) in [6, 6.07) is 12.3. The third kappa shape index (κ3) is 5.05. The predicted octanol–water partition coefficient (Wildman–Crippen LogP) is 3.96. The SMILES string of the molecule is CCc1ccc(NC(=O)[C@H](C)N2CCN(c3ccc(Cl)cc3[N+](=O)[O-])CC2)cc1. The lowest BCUT2D eigenvalue weighted by Crippen LogP contribution is -2.53. The first kappa shape index (κ1) is 21.1. The van der Waals surface area contributed by atoms with Crippen LogP contribution in [0.3, 0.4) is 0 Å². The zero-order valence-electron chi connectivity index (χ0n) is 16.6. The lowest BCUT2D eigenvalue weighted by atomic mass is 10.1. The highest BCUT2D eigenvalue weighted by Gasteiger charge is 2.28. The molecule has 1 heterocycles. The topological polar surface area (TPSA) is 78.7 Å². The molecule has 29 heavy (non-hydrogen) atoms. The molecule has 1 N–H and O–H groups in total. The largest absolute Gasteiger partial charge is 0.363 e. The van der Waals surface area contributed by atoms with Crippen LogP contribution in [-0.2, 0) is 11.2 Å². The summed E-state index contributed by atoms with van der Waals surface area (Å²) in [5.74, 6) is -0.0554.